The molecule has 0 atom stereocenters. The highest BCUT2D eigenvalue weighted by atomic mass is 32.1. The van der Waals surface area contributed by atoms with Crippen molar-refractivity contribution in [1.29, 1.82) is 0 Å². The number of carbonyl (C=O) groups excluding carboxylic acids is 1. The van der Waals surface area contributed by atoms with Gasteiger partial charge in [0.2, 0.25) is 0 Å². The summed E-state index contributed by atoms with van der Waals surface area (Å²) in [6.45, 7) is 0. The fourth-order valence-electron chi connectivity index (χ4n) is 1.46. The number of methoxy groups -OCH3 is 1. The largest absolute Gasteiger partial charge is 0.465 e. The number of hydrogen-bond donors (Lipinski definition) is 0. The molecule has 0 saturated carbocycles. The summed E-state index contributed by atoms with van der Waals surface area (Å²) in [7, 11) is 1.21. The fraction of sp³-hybridized carbons (Fsp3) is 0.0833. The Morgan fingerprint density at radius 3 is 2.33 bits per heavy atom. The molecule has 1 heterocycles. The average molecular weight is 272 g/mol. The topological polar surface area (TPSA) is 26.3 Å². The van der Waals surface area contributed by atoms with Crippen molar-refractivity contribution in [2.45, 2.75) is 0 Å². The lowest BCUT2D eigenvalue weighted by molar-refractivity contribution is 0.0606. The van der Waals surface area contributed by atoms with Crippen LogP contribution in [0.3, 0.4) is 0 Å². The predicted molar refractivity (Wildman–Crippen MR) is 61.0 cm³/mol. The Kier molecular flexibility index (Phi) is 3.38. The first-order chi connectivity index (χ1) is 8.52. The van der Waals surface area contributed by atoms with Crippen LogP contribution in [0.5, 0.6) is 0 Å². The molecule has 0 aliphatic rings. The van der Waals surface area contributed by atoms with Gasteiger partial charge >= 0.3 is 5.97 Å². The molecule has 0 amide bonds. The molecular weight excluding hydrogens is 265 g/mol. The molecule has 2 nitrogen and oxygen atoms in total. The van der Waals surface area contributed by atoms with Crippen molar-refractivity contribution in [3.05, 3.63) is 46.6 Å². The maximum absolute atomic E-state index is 13.5. The molecule has 0 aliphatic carbocycles. The number of rotatable bonds is 2. The van der Waals surface area contributed by atoms with Crippen LogP contribution in [-0.2, 0) is 4.74 Å². The number of hydrogen-bond acceptors (Lipinski definition) is 3. The molecule has 0 aliphatic heterocycles. The van der Waals surface area contributed by atoms with Crippen LogP contribution in [0.4, 0.5) is 13.2 Å². The van der Waals surface area contributed by atoms with Crippen molar-refractivity contribution in [3.8, 4) is 10.4 Å². The molecule has 1 aromatic heterocycles. The zero-order chi connectivity index (χ0) is 13.3. The molecule has 94 valence electrons. The van der Waals surface area contributed by atoms with E-state index in [1.807, 2.05) is 0 Å². The zero-order valence-corrected chi connectivity index (χ0v) is 9.98. The van der Waals surface area contributed by atoms with Gasteiger partial charge in [-0.1, -0.05) is 0 Å². The Labute approximate surface area is 105 Å². The van der Waals surface area contributed by atoms with Gasteiger partial charge in [0.25, 0.3) is 0 Å². The minimum absolute atomic E-state index is 0.199. The Morgan fingerprint density at radius 2 is 1.78 bits per heavy atom. The summed E-state index contributed by atoms with van der Waals surface area (Å²) in [6.07, 6.45) is 0. The highest BCUT2D eigenvalue weighted by Crippen LogP contribution is 2.32. The SMILES string of the molecule is COC(=O)c1ccc(-c2c(F)cc(F)cc2F)s1. The summed E-state index contributed by atoms with van der Waals surface area (Å²) >= 11 is 0.876. The highest BCUT2D eigenvalue weighted by Gasteiger charge is 2.17. The molecule has 0 bridgehead atoms. The summed E-state index contributed by atoms with van der Waals surface area (Å²) in [5.41, 5.74) is -0.350. The van der Waals surface area contributed by atoms with Crippen molar-refractivity contribution < 1.29 is 22.7 Å². The van der Waals surface area contributed by atoms with Gasteiger partial charge < -0.3 is 4.74 Å². The molecule has 0 spiro atoms. The van der Waals surface area contributed by atoms with E-state index in [-0.39, 0.29) is 15.3 Å². The van der Waals surface area contributed by atoms with Crippen LogP contribution in [-0.4, -0.2) is 13.1 Å². The molecule has 0 fully saturated rings. The molecule has 2 aromatic rings. The number of esters is 1. The van der Waals surface area contributed by atoms with Crippen LogP contribution in [0.25, 0.3) is 10.4 Å². The second-order valence-electron chi connectivity index (χ2n) is 3.40. The van der Waals surface area contributed by atoms with Crippen molar-refractivity contribution in [2.75, 3.05) is 7.11 Å². The van der Waals surface area contributed by atoms with E-state index in [2.05, 4.69) is 4.74 Å². The summed E-state index contributed by atoms with van der Waals surface area (Å²) in [4.78, 5) is 11.6. The zero-order valence-electron chi connectivity index (χ0n) is 9.17. The van der Waals surface area contributed by atoms with Crippen LogP contribution in [0.2, 0.25) is 0 Å². The first-order valence-electron chi connectivity index (χ1n) is 4.86. The molecule has 0 radical (unpaired) electrons. The van der Waals surface area contributed by atoms with E-state index < -0.39 is 23.4 Å². The third-order valence-corrected chi connectivity index (χ3v) is 3.33. The van der Waals surface area contributed by atoms with Crippen molar-refractivity contribution in [1.82, 2.24) is 0 Å². The van der Waals surface area contributed by atoms with Gasteiger partial charge in [-0.25, -0.2) is 18.0 Å². The predicted octanol–water partition coefficient (Wildman–Crippen LogP) is 3.62. The van der Waals surface area contributed by atoms with Gasteiger partial charge in [-0.15, -0.1) is 11.3 Å². The summed E-state index contributed by atoms with van der Waals surface area (Å²) in [5, 5.41) is 0. The number of carbonyl (C=O) groups is 1. The van der Waals surface area contributed by atoms with Crippen molar-refractivity contribution >= 4 is 17.3 Å². The van der Waals surface area contributed by atoms with Gasteiger partial charge in [0.15, 0.2) is 0 Å². The molecule has 1 aromatic carbocycles. The number of halogens is 3. The Bertz CT molecular complexity index is 584. The lowest BCUT2D eigenvalue weighted by Crippen LogP contribution is -1.96. The van der Waals surface area contributed by atoms with Crippen LogP contribution in [0.1, 0.15) is 9.67 Å². The van der Waals surface area contributed by atoms with E-state index in [1.165, 1.54) is 19.2 Å². The Morgan fingerprint density at radius 1 is 1.17 bits per heavy atom. The number of thiophene rings is 1. The van der Waals surface area contributed by atoms with E-state index in [9.17, 15) is 18.0 Å². The van der Waals surface area contributed by atoms with Gasteiger partial charge in [-0.3, -0.25) is 0 Å². The van der Waals surface area contributed by atoms with Gasteiger partial charge in [-0.05, 0) is 12.1 Å². The van der Waals surface area contributed by atoms with Crippen LogP contribution in [0, 0.1) is 17.5 Å². The van der Waals surface area contributed by atoms with E-state index in [1.54, 1.807) is 0 Å². The minimum Gasteiger partial charge on any atom is -0.465 e. The van der Waals surface area contributed by atoms with Crippen LogP contribution >= 0.6 is 11.3 Å². The fourth-order valence-corrected chi connectivity index (χ4v) is 2.43. The third-order valence-electron chi connectivity index (χ3n) is 2.25. The monoisotopic (exact) mass is 272 g/mol. The second kappa shape index (κ2) is 4.81. The van der Waals surface area contributed by atoms with Crippen molar-refractivity contribution in [2.24, 2.45) is 0 Å². The van der Waals surface area contributed by atoms with Gasteiger partial charge in [0, 0.05) is 17.0 Å². The van der Waals surface area contributed by atoms with Gasteiger partial charge in [0.1, 0.15) is 22.3 Å². The van der Waals surface area contributed by atoms with E-state index in [0.717, 1.165) is 11.3 Å². The quantitative estimate of drug-likeness (QED) is 0.780. The molecule has 0 unspecified atom stereocenters. The molecule has 6 heteroatoms. The third kappa shape index (κ3) is 2.24. The molecule has 2 rings (SSSR count). The maximum atomic E-state index is 13.5. The smallest absolute Gasteiger partial charge is 0.348 e. The first-order valence-corrected chi connectivity index (χ1v) is 5.67. The summed E-state index contributed by atoms with van der Waals surface area (Å²) in [6, 6.07) is 3.97. The Hall–Kier alpha value is -1.82. The van der Waals surface area contributed by atoms with E-state index in [4.69, 9.17) is 0 Å². The molecule has 0 saturated heterocycles. The van der Waals surface area contributed by atoms with E-state index in [0.29, 0.717) is 12.1 Å². The maximum Gasteiger partial charge on any atom is 0.348 e. The Balaban J connectivity index is 2.49. The molecule has 18 heavy (non-hydrogen) atoms. The van der Waals surface area contributed by atoms with Gasteiger partial charge in [-0.2, -0.15) is 0 Å². The molecule has 0 N–H and O–H groups in total. The minimum atomic E-state index is -1.01. The van der Waals surface area contributed by atoms with Crippen LogP contribution < -0.4 is 0 Å². The van der Waals surface area contributed by atoms with E-state index >= 15 is 0 Å². The summed E-state index contributed by atoms with van der Waals surface area (Å²) in [5.74, 6) is -3.59. The molecular formula is C12H7F3O2S. The number of ether oxygens (including phenoxy) is 1. The van der Waals surface area contributed by atoms with Crippen molar-refractivity contribution in [3.63, 3.8) is 0 Å². The normalized spacial score (nSPS) is 10.4. The second-order valence-corrected chi connectivity index (χ2v) is 4.48. The van der Waals surface area contributed by atoms with Gasteiger partial charge in [0.05, 0.1) is 12.7 Å². The average Bonchev–Trinajstić information content (AvgIpc) is 2.76. The lowest BCUT2D eigenvalue weighted by atomic mass is 10.1. The van der Waals surface area contributed by atoms with Crippen LogP contribution in [0.15, 0.2) is 24.3 Å². The lowest BCUT2D eigenvalue weighted by Gasteiger charge is -2.02. The summed E-state index contributed by atoms with van der Waals surface area (Å²) < 4.78 is 44.2. The first kappa shape index (κ1) is 12.6. The highest BCUT2D eigenvalue weighted by molar-refractivity contribution is 7.17. The number of benzene rings is 1. The standard InChI is InChI=1S/C12H7F3O2S/c1-17-12(16)10-3-2-9(18-10)11-7(14)4-6(13)5-8(11)15/h2-5H,1H3.